The van der Waals surface area contributed by atoms with Gasteiger partial charge in [-0.3, -0.25) is 19.7 Å². The second kappa shape index (κ2) is 15.3. The molecule has 6 aromatic rings. The number of pyridine rings is 3. The topological polar surface area (TPSA) is 137 Å². The van der Waals surface area contributed by atoms with Gasteiger partial charge in [0.1, 0.15) is 0 Å². The van der Waals surface area contributed by atoms with Crippen molar-refractivity contribution in [2.45, 2.75) is 25.7 Å². The Balaban J connectivity index is 1.29. The van der Waals surface area contributed by atoms with Crippen LogP contribution in [0.1, 0.15) is 54.0 Å². The van der Waals surface area contributed by atoms with Gasteiger partial charge < -0.3 is 20.0 Å². The molecule has 3 N–H and O–H groups in total. The van der Waals surface area contributed by atoms with Crippen LogP contribution in [0.4, 0.5) is 0 Å². The summed E-state index contributed by atoms with van der Waals surface area (Å²) in [6.07, 6.45) is 28.5. The number of H-pyrrole nitrogens is 2. The number of rotatable bonds is 10. The predicted octanol–water partition coefficient (Wildman–Crippen LogP) is 9.70. The molecule has 6 aromatic heterocycles. The van der Waals surface area contributed by atoms with E-state index in [0.29, 0.717) is 6.42 Å². The standard InChI is InChI=1S/C46H38N8O2/c55-42(56)4-2-1-3-27-54-28-19-33(20-29-54)46-40-11-9-38(52-40)44(31-15-23-48-24-16-31)36-7-5-34(50-36)43(30-13-21-47-22-14-30)35-6-8-37(51-35)45(32-17-25-49-26-18-32)39-10-12-41(46)53-39/h5-26,28,50,53H,1-4,27,29H2,(H,55,56). The Morgan fingerprint density at radius 2 is 0.982 bits per heavy atom. The molecule has 8 bridgehead atoms. The van der Waals surface area contributed by atoms with E-state index >= 15 is 0 Å². The summed E-state index contributed by atoms with van der Waals surface area (Å²) < 4.78 is 0. The van der Waals surface area contributed by atoms with Gasteiger partial charge in [-0.25, -0.2) is 9.97 Å². The average molecular weight is 735 g/mol. The molecule has 9 heterocycles. The lowest BCUT2D eigenvalue weighted by molar-refractivity contribution is -0.137. The Morgan fingerprint density at radius 3 is 1.39 bits per heavy atom. The molecule has 10 heteroatoms. The van der Waals surface area contributed by atoms with Crippen LogP contribution in [-0.2, 0) is 4.79 Å². The number of hydrogen-bond donors (Lipinski definition) is 3. The number of aromatic amines is 2. The van der Waals surface area contributed by atoms with Gasteiger partial charge in [0.15, 0.2) is 0 Å². The van der Waals surface area contributed by atoms with Crippen LogP contribution in [0.3, 0.4) is 0 Å². The van der Waals surface area contributed by atoms with Gasteiger partial charge >= 0.3 is 5.97 Å². The smallest absolute Gasteiger partial charge is 0.303 e. The molecular formula is C46H38N8O2. The van der Waals surface area contributed by atoms with Gasteiger partial charge in [0.2, 0.25) is 0 Å². The Bertz CT molecular complexity index is 2690. The minimum Gasteiger partial charge on any atom is -0.481 e. The fraction of sp³-hybridized carbons (Fsp3) is 0.130. The second-order valence-corrected chi connectivity index (χ2v) is 13.9. The molecule has 0 aliphatic carbocycles. The lowest BCUT2D eigenvalue weighted by Gasteiger charge is -2.23. The fourth-order valence-electron chi connectivity index (χ4n) is 7.63. The van der Waals surface area contributed by atoms with Crippen LogP contribution in [0.5, 0.6) is 0 Å². The lowest BCUT2D eigenvalue weighted by Crippen LogP contribution is -2.21. The molecule has 0 radical (unpaired) electrons. The lowest BCUT2D eigenvalue weighted by atomic mass is 10.0. The maximum absolute atomic E-state index is 11.0. The first-order chi connectivity index (χ1) is 27.6. The molecule has 0 amide bonds. The van der Waals surface area contributed by atoms with Crippen LogP contribution >= 0.6 is 0 Å². The second-order valence-electron chi connectivity index (χ2n) is 13.9. The summed E-state index contributed by atoms with van der Waals surface area (Å²) in [6, 6.07) is 20.6. The molecule has 0 saturated heterocycles. The zero-order chi connectivity index (χ0) is 37.8. The summed E-state index contributed by atoms with van der Waals surface area (Å²) in [5, 5.41) is 9.01. The molecule has 0 aromatic carbocycles. The van der Waals surface area contributed by atoms with Crippen molar-refractivity contribution in [2.75, 3.05) is 13.1 Å². The van der Waals surface area contributed by atoms with E-state index in [1.165, 1.54) is 0 Å². The number of fused-ring (bicyclic) bond motifs is 8. The molecule has 3 aliphatic heterocycles. The average Bonchev–Trinajstić information content (AvgIpc) is 4.08. The first-order valence-electron chi connectivity index (χ1n) is 18.8. The molecule has 9 rings (SSSR count). The molecule has 0 atom stereocenters. The van der Waals surface area contributed by atoms with E-state index in [1.54, 1.807) is 0 Å². The van der Waals surface area contributed by atoms with E-state index in [0.717, 1.165) is 115 Å². The first-order valence-corrected chi connectivity index (χ1v) is 18.8. The van der Waals surface area contributed by atoms with Crippen molar-refractivity contribution in [1.82, 2.24) is 39.8 Å². The van der Waals surface area contributed by atoms with Gasteiger partial charge in [0.05, 0.1) is 22.8 Å². The number of aromatic nitrogens is 7. The largest absolute Gasteiger partial charge is 0.481 e. The van der Waals surface area contributed by atoms with Crippen LogP contribution in [-0.4, -0.2) is 64.0 Å². The quantitative estimate of drug-likeness (QED) is 0.118. The number of allylic oxidation sites excluding steroid dienone is 2. The highest BCUT2D eigenvalue weighted by Gasteiger charge is 2.20. The monoisotopic (exact) mass is 734 g/mol. The van der Waals surface area contributed by atoms with Crippen LogP contribution in [0.2, 0.25) is 0 Å². The highest BCUT2D eigenvalue weighted by molar-refractivity contribution is 5.99. The molecule has 3 aliphatic rings. The van der Waals surface area contributed by atoms with Crippen molar-refractivity contribution < 1.29 is 9.90 Å². The summed E-state index contributed by atoms with van der Waals surface area (Å²) in [5.74, 6) is -0.739. The van der Waals surface area contributed by atoms with E-state index < -0.39 is 5.97 Å². The van der Waals surface area contributed by atoms with Gasteiger partial charge in [0, 0.05) is 101 Å². The number of nitrogens with zero attached hydrogens (tertiary/aromatic N) is 6. The van der Waals surface area contributed by atoms with E-state index in [2.05, 4.69) is 96.7 Å². The predicted molar refractivity (Wildman–Crippen MR) is 223 cm³/mol. The van der Waals surface area contributed by atoms with Crippen molar-refractivity contribution in [1.29, 1.82) is 0 Å². The zero-order valence-corrected chi connectivity index (χ0v) is 30.6. The summed E-state index contributed by atoms with van der Waals surface area (Å²) in [7, 11) is 0. The van der Waals surface area contributed by atoms with Gasteiger partial charge in [-0.2, -0.15) is 0 Å². The molecule has 0 saturated carbocycles. The molecule has 274 valence electrons. The highest BCUT2D eigenvalue weighted by Crippen LogP contribution is 2.37. The van der Waals surface area contributed by atoms with Crippen LogP contribution in [0.15, 0.2) is 116 Å². The number of aliphatic carboxylic acids is 1. The highest BCUT2D eigenvalue weighted by atomic mass is 16.4. The molecule has 10 nitrogen and oxygen atoms in total. The SMILES string of the molecule is O=C(O)CCCCCN1C=CC(c2c3nc(c(-c4ccncc4)c4ccc([nH]4)c(-c4ccncc4)c4nc(c(-c5ccncc5)c5ccc2[nH]5)C=C4)C=C3)=CC1. The minimum absolute atomic E-state index is 0.213. The van der Waals surface area contributed by atoms with Crippen LogP contribution in [0, 0.1) is 0 Å². The number of carboxylic acids is 1. The Morgan fingerprint density at radius 1 is 0.554 bits per heavy atom. The van der Waals surface area contributed by atoms with E-state index in [9.17, 15) is 4.79 Å². The Kier molecular flexibility index (Phi) is 9.42. The van der Waals surface area contributed by atoms with Crippen LogP contribution in [0.25, 0.3) is 85.3 Å². The molecule has 0 spiro atoms. The summed E-state index contributed by atoms with van der Waals surface area (Å²) >= 11 is 0. The first kappa shape index (κ1) is 34.6. The van der Waals surface area contributed by atoms with Gasteiger partial charge in [-0.1, -0.05) is 12.5 Å². The number of nitrogens with one attached hydrogen (secondary N) is 2. The van der Waals surface area contributed by atoms with Gasteiger partial charge in [-0.05, 0) is 132 Å². The summed E-state index contributed by atoms with van der Waals surface area (Å²) in [5.41, 5.74) is 15.0. The third-order valence-corrected chi connectivity index (χ3v) is 10.3. The normalized spacial score (nSPS) is 13.3. The number of carboxylic acid groups (broad SMARTS) is 1. The molecule has 0 unspecified atom stereocenters. The third-order valence-electron chi connectivity index (χ3n) is 10.3. The molecule has 0 fully saturated rings. The summed E-state index contributed by atoms with van der Waals surface area (Å²) in [6.45, 7) is 1.60. The van der Waals surface area contributed by atoms with Crippen molar-refractivity contribution >= 4 is 57.9 Å². The van der Waals surface area contributed by atoms with Gasteiger partial charge in [0.25, 0.3) is 0 Å². The van der Waals surface area contributed by atoms with Gasteiger partial charge in [-0.15, -0.1) is 0 Å². The van der Waals surface area contributed by atoms with Crippen molar-refractivity contribution in [3.63, 3.8) is 0 Å². The van der Waals surface area contributed by atoms with Crippen molar-refractivity contribution in [3.05, 3.63) is 145 Å². The maximum Gasteiger partial charge on any atom is 0.303 e. The Labute approximate surface area is 323 Å². The van der Waals surface area contributed by atoms with Crippen molar-refractivity contribution in [3.8, 4) is 33.4 Å². The van der Waals surface area contributed by atoms with Crippen molar-refractivity contribution in [2.24, 2.45) is 0 Å². The number of hydrogen-bond acceptors (Lipinski definition) is 7. The van der Waals surface area contributed by atoms with Crippen LogP contribution < -0.4 is 0 Å². The van der Waals surface area contributed by atoms with E-state index in [-0.39, 0.29) is 6.42 Å². The molecular weight excluding hydrogens is 697 g/mol. The summed E-state index contributed by atoms with van der Waals surface area (Å²) in [4.78, 5) is 44.4. The third kappa shape index (κ3) is 6.96. The fourth-order valence-corrected chi connectivity index (χ4v) is 7.63. The zero-order valence-electron chi connectivity index (χ0n) is 30.6. The number of unbranched alkanes of at least 4 members (excludes halogenated alkanes) is 2. The Hall–Kier alpha value is -7.20. The van der Waals surface area contributed by atoms with E-state index in [4.69, 9.17) is 15.1 Å². The minimum atomic E-state index is -0.739. The number of carbonyl (C=O) groups is 1. The molecule has 56 heavy (non-hydrogen) atoms. The van der Waals surface area contributed by atoms with E-state index in [1.807, 2.05) is 73.6 Å². The maximum atomic E-state index is 11.0.